The molecule has 0 saturated carbocycles. The van der Waals surface area contributed by atoms with E-state index in [-0.39, 0.29) is 18.4 Å². The van der Waals surface area contributed by atoms with Gasteiger partial charge in [0.15, 0.2) is 5.65 Å². The molecule has 1 aliphatic heterocycles. The molecular weight excluding hydrogens is 488 g/mol. The van der Waals surface area contributed by atoms with Crippen LogP contribution >= 0.6 is 23.2 Å². The Morgan fingerprint density at radius 1 is 1.03 bits per heavy atom. The van der Waals surface area contributed by atoms with Crippen molar-refractivity contribution in [2.45, 2.75) is 25.4 Å². The molecule has 0 spiro atoms. The van der Waals surface area contributed by atoms with Crippen LogP contribution in [0, 0.1) is 5.82 Å². The van der Waals surface area contributed by atoms with E-state index in [1.165, 1.54) is 6.07 Å². The van der Waals surface area contributed by atoms with Gasteiger partial charge in [-0.25, -0.2) is 14.4 Å². The fourth-order valence-electron chi connectivity index (χ4n) is 4.61. The third-order valence-electron chi connectivity index (χ3n) is 6.38. The first kappa shape index (κ1) is 23.9. The summed E-state index contributed by atoms with van der Waals surface area (Å²) in [7, 11) is 0. The smallest absolute Gasteiger partial charge is 0.225 e. The molecular formula is C25H26Cl2FN7. The van der Waals surface area contributed by atoms with Crippen molar-refractivity contribution in [2.75, 3.05) is 31.5 Å². The number of aromatic nitrogens is 4. The summed E-state index contributed by atoms with van der Waals surface area (Å²) in [6.07, 6.45) is 3.52. The number of imidazole rings is 1. The molecule has 3 heterocycles. The van der Waals surface area contributed by atoms with Gasteiger partial charge in [-0.1, -0.05) is 47.5 Å². The largest absolute Gasteiger partial charge is 0.350 e. The molecule has 0 bridgehead atoms. The lowest BCUT2D eigenvalue weighted by Gasteiger charge is -2.33. The van der Waals surface area contributed by atoms with Gasteiger partial charge in [-0.05, 0) is 31.0 Å². The summed E-state index contributed by atoms with van der Waals surface area (Å²) in [6, 6.07) is 12.2. The summed E-state index contributed by atoms with van der Waals surface area (Å²) in [5.41, 5.74) is 8.32. The molecule has 10 heteroatoms. The van der Waals surface area contributed by atoms with E-state index in [9.17, 15) is 4.39 Å². The molecule has 0 atom stereocenters. The topological polar surface area (TPSA) is 84.9 Å². The molecule has 0 radical (unpaired) electrons. The van der Waals surface area contributed by atoms with Crippen molar-refractivity contribution in [3.63, 3.8) is 0 Å². The van der Waals surface area contributed by atoms with Gasteiger partial charge in [0.2, 0.25) is 5.95 Å². The molecule has 182 valence electrons. The number of hydrogen-bond acceptors (Lipinski definition) is 6. The lowest BCUT2D eigenvalue weighted by Crippen LogP contribution is -2.37. The molecule has 7 nitrogen and oxygen atoms in total. The van der Waals surface area contributed by atoms with Gasteiger partial charge in [0.05, 0.1) is 21.8 Å². The minimum atomic E-state index is -0.272. The molecule has 0 unspecified atom stereocenters. The Hall–Kier alpha value is -2.78. The van der Waals surface area contributed by atoms with Crippen LogP contribution in [0.3, 0.4) is 0 Å². The minimum absolute atomic E-state index is 0.158. The second-order valence-corrected chi connectivity index (χ2v) is 9.43. The quantitative estimate of drug-likeness (QED) is 0.355. The van der Waals surface area contributed by atoms with Crippen molar-refractivity contribution < 1.29 is 4.39 Å². The van der Waals surface area contributed by atoms with Crippen molar-refractivity contribution in [1.29, 1.82) is 0 Å². The number of likely N-dealkylation sites (tertiary alicyclic amines) is 1. The lowest BCUT2D eigenvalue weighted by molar-refractivity contribution is 0.193. The number of benzene rings is 2. The number of halogens is 3. The van der Waals surface area contributed by atoms with Gasteiger partial charge in [-0.3, -0.25) is 0 Å². The minimum Gasteiger partial charge on any atom is -0.350 e. The Labute approximate surface area is 213 Å². The average Bonchev–Trinajstić information content (AvgIpc) is 3.22. The summed E-state index contributed by atoms with van der Waals surface area (Å²) < 4.78 is 16.2. The van der Waals surface area contributed by atoms with Crippen molar-refractivity contribution in [3.8, 4) is 11.4 Å². The summed E-state index contributed by atoms with van der Waals surface area (Å²) in [5.74, 6) is 0.804. The summed E-state index contributed by atoms with van der Waals surface area (Å²) in [5, 5.41) is 4.20. The van der Waals surface area contributed by atoms with Gasteiger partial charge in [0.1, 0.15) is 17.2 Å². The number of rotatable bonds is 7. The van der Waals surface area contributed by atoms with Gasteiger partial charge in [0, 0.05) is 44.3 Å². The summed E-state index contributed by atoms with van der Waals surface area (Å²) >= 11 is 13.2. The van der Waals surface area contributed by atoms with Crippen LogP contribution in [-0.4, -0.2) is 50.6 Å². The van der Waals surface area contributed by atoms with Crippen molar-refractivity contribution in [3.05, 3.63) is 70.1 Å². The van der Waals surface area contributed by atoms with E-state index in [4.69, 9.17) is 38.9 Å². The van der Waals surface area contributed by atoms with Crippen LogP contribution in [-0.2, 0) is 6.54 Å². The van der Waals surface area contributed by atoms with Gasteiger partial charge in [0.25, 0.3) is 0 Å². The van der Waals surface area contributed by atoms with E-state index >= 15 is 0 Å². The molecule has 2 aromatic heterocycles. The van der Waals surface area contributed by atoms with Gasteiger partial charge in [-0.15, -0.1) is 0 Å². The van der Waals surface area contributed by atoms with Crippen LogP contribution in [0.5, 0.6) is 0 Å². The van der Waals surface area contributed by atoms with E-state index in [2.05, 4.69) is 19.8 Å². The third kappa shape index (κ3) is 4.97. The third-order valence-corrected chi connectivity index (χ3v) is 7.01. The van der Waals surface area contributed by atoms with Crippen LogP contribution in [0.2, 0.25) is 10.0 Å². The van der Waals surface area contributed by atoms with Gasteiger partial charge in [-0.2, -0.15) is 4.98 Å². The Kier molecular flexibility index (Phi) is 7.15. The first-order valence-electron chi connectivity index (χ1n) is 11.6. The predicted octanol–water partition coefficient (Wildman–Crippen LogP) is 5.15. The zero-order valence-electron chi connectivity index (χ0n) is 19.1. The second kappa shape index (κ2) is 10.5. The van der Waals surface area contributed by atoms with Crippen LogP contribution in [0.15, 0.2) is 48.7 Å². The fraction of sp³-hybridized carbons (Fsp3) is 0.320. The molecule has 0 aliphatic carbocycles. The van der Waals surface area contributed by atoms with Gasteiger partial charge >= 0.3 is 0 Å². The number of nitrogens with one attached hydrogen (secondary N) is 1. The lowest BCUT2D eigenvalue weighted by atomic mass is 10.0. The van der Waals surface area contributed by atoms with E-state index in [0.717, 1.165) is 32.5 Å². The van der Waals surface area contributed by atoms with E-state index in [1.807, 2.05) is 18.2 Å². The normalized spacial score (nSPS) is 15.1. The molecule has 4 aromatic rings. The molecule has 0 amide bonds. The van der Waals surface area contributed by atoms with Crippen molar-refractivity contribution in [2.24, 2.45) is 5.73 Å². The first-order valence-corrected chi connectivity index (χ1v) is 12.4. The number of nitrogens with two attached hydrogens (primary N) is 1. The number of fused-ring (bicyclic) bond motifs is 1. The highest BCUT2D eigenvalue weighted by atomic mass is 35.5. The molecule has 1 fully saturated rings. The van der Waals surface area contributed by atoms with Crippen LogP contribution in [0.25, 0.3) is 22.6 Å². The average molecular weight is 514 g/mol. The fourth-order valence-corrected chi connectivity index (χ4v) is 5.18. The van der Waals surface area contributed by atoms with E-state index < -0.39 is 0 Å². The molecule has 3 N–H and O–H groups in total. The standard InChI is InChI=1S/C25H26Cl2FN7/c26-18-5-3-6-19(27)22(18)24-32-21-15-31-25(30-14-16-4-1-2-7-20(16)28)33-23(21)35(24)17-8-11-34(12-9-17)13-10-29/h1-7,15,17H,8-14,29H2,(H,30,31,33). The monoisotopic (exact) mass is 513 g/mol. The molecule has 1 aliphatic rings. The zero-order valence-corrected chi connectivity index (χ0v) is 20.6. The number of piperidine rings is 1. The Balaban J connectivity index is 1.55. The Bertz CT molecular complexity index is 1310. The maximum absolute atomic E-state index is 14.1. The highest BCUT2D eigenvalue weighted by Crippen LogP contribution is 2.39. The van der Waals surface area contributed by atoms with Crippen LogP contribution in [0.1, 0.15) is 24.4 Å². The van der Waals surface area contributed by atoms with Crippen LogP contribution in [0.4, 0.5) is 10.3 Å². The highest BCUT2D eigenvalue weighted by molar-refractivity contribution is 6.39. The summed E-state index contributed by atoms with van der Waals surface area (Å²) in [4.78, 5) is 16.4. The number of hydrogen-bond donors (Lipinski definition) is 2. The predicted molar refractivity (Wildman–Crippen MR) is 138 cm³/mol. The number of anilines is 1. The maximum atomic E-state index is 14.1. The summed E-state index contributed by atoms with van der Waals surface area (Å²) in [6.45, 7) is 3.66. The zero-order chi connectivity index (χ0) is 24.4. The first-order chi connectivity index (χ1) is 17.0. The molecule has 35 heavy (non-hydrogen) atoms. The van der Waals surface area contributed by atoms with E-state index in [1.54, 1.807) is 24.4 Å². The SMILES string of the molecule is NCCN1CCC(n2c(-c3c(Cl)cccc3Cl)nc3cnc(NCc4ccccc4F)nc32)CC1. The molecule has 5 rings (SSSR count). The Morgan fingerprint density at radius 3 is 2.49 bits per heavy atom. The van der Waals surface area contributed by atoms with Gasteiger partial charge < -0.3 is 20.5 Å². The van der Waals surface area contributed by atoms with Crippen LogP contribution < -0.4 is 11.1 Å². The second-order valence-electron chi connectivity index (χ2n) is 8.61. The van der Waals surface area contributed by atoms with Crippen molar-refractivity contribution in [1.82, 2.24) is 24.4 Å². The van der Waals surface area contributed by atoms with E-state index in [0.29, 0.717) is 50.7 Å². The highest BCUT2D eigenvalue weighted by Gasteiger charge is 2.27. The maximum Gasteiger partial charge on any atom is 0.225 e. The van der Waals surface area contributed by atoms with Crippen molar-refractivity contribution >= 4 is 40.3 Å². The molecule has 1 saturated heterocycles. The Morgan fingerprint density at radius 2 is 1.77 bits per heavy atom. The number of nitrogens with zero attached hydrogens (tertiary/aromatic N) is 5. The molecule has 2 aromatic carbocycles.